The van der Waals surface area contributed by atoms with Gasteiger partial charge in [0.15, 0.2) is 0 Å². The Kier molecular flexibility index (Phi) is 5.64. The van der Waals surface area contributed by atoms with E-state index < -0.39 is 0 Å². The maximum absolute atomic E-state index is 12.2. The van der Waals surface area contributed by atoms with Crippen molar-refractivity contribution in [3.05, 3.63) is 47.9 Å². The monoisotopic (exact) mass is 309 g/mol. The lowest BCUT2D eigenvalue weighted by Crippen LogP contribution is -2.28. The van der Waals surface area contributed by atoms with Gasteiger partial charge >= 0.3 is 0 Å². The number of para-hydroxylation sites is 1. The molecule has 0 aliphatic rings. The van der Waals surface area contributed by atoms with E-state index >= 15 is 0 Å². The van der Waals surface area contributed by atoms with Crippen LogP contribution in [0.4, 0.5) is 11.5 Å². The predicted molar refractivity (Wildman–Crippen MR) is 88.3 cm³/mol. The number of hydrogen-bond donors (Lipinski definition) is 1. The molecule has 6 nitrogen and oxygen atoms in total. The number of carbonyl (C=O) groups excluding carboxylic acids is 1. The molecule has 1 amide bonds. The number of nitrogens with zero attached hydrogens (tertiary/aromatic N) is 4. The predicted octanol–water partition coefficient (Wildman–Crippen LogP) is 2.96. The quantitative estimate of drug-likeness (QED) is 0.887. The topological polar surface area (TPSA) is 81.9 Å². The maximum Gasteiger partial charge on any atom is 0.273 e. The van der Waals surface area contributed by atoms with Gasteiger partial charge in [0.2, 0.25) is 0 Å². The molecule has 0 spiro atoms. The average Bonchev–Trinajstić information content (AvgIpc) is 2.60. The number of unbranched alkanes of at least 4 members (excludes halogenated alkanes) is 1. The Labute approximate surface area is 135 Å². The Hall–Kier alpha value is -2.94. The molecule has 2 rings (SSSR count). The molecule has 23 heavy (non-hydrogen) atoms. The number of hydrogen-bond acceptors (Lipinski definition) is 5. The number of amides is 1. The van der Waals surface area contributed by atoms with E-state index in [0.717, 1.165) is 12.8 Å². The Morgan fingerprint density at radius 3 is 2.74 bits per heavy atom. The Morgan fingerprint density at radius 2 is 2.09 bits per heavy atom. The van der Waals surface area contributed by atoms with Gasteiger partial charge in [-0.3, -0.25) is 4.79 Å². The number of anilines is 2. The molecule has 118 valence electrons. The molecule has 6 heteroatoms. The summed E-state index contributed by atoms with van der Waals surface area (Å²) >= 11 is 0. The molecule has 0 saturated carbocycles. The molecule has 1 N–H and O–H groups in total. The van der Waals surface area contributed by atoms with Crippen LogP contribution < -0.4 is 5.32 Å². The molecule has 0 radical (unpaired) electrons. The largest absolute Gasteiger partial charge is 0.340 e. The molecule has 0 saturated heterocycles. The van der Waals surface area contributed by atoms with Gasteiger partial charge in [0.05, 0.1) is 23.6 Å². The fourth-order valence-electron chi connectivity index (χ4n) is 2.02. The van der Waals surface area contributed by atoms with Gasteiger partial charge in [-0.2, -0.15) is 5.26 Å². The molecule has 0 fully saturated rings. The minimum absolute atomic E-state index is 0.144. The molecule has 1 heterocycles. The highest BCUT2D eigenvalue weighted by atomic mass is 16.2. The van der Waals surface area contributed by atoms with Crippen molar-refractivity contribution in [2.24, 2.45) is 0 Å². The summed E-state index contributed by atoms with van der Waals surface area (Å²) in [7, 11) is 1.76. The smallest absolute Gasteiger partial charge is 0.273 e. The van der Waals surface area contributed by atoms with E-state index in [1.807, 2.05) is 6.07 Å². The standard InChI is InChI=1S/C17H19N5O/c1-3-4-9-22(2)17(23)15-11-20-16(12-19-15)21-14-8-6-5-7-13(14)10-18/h5-8,11-12H,3-4,9H2,1-2H3,(H,20,21). The lowest BCUT2D eigenvalue weighted by molar-refractivity contribution is 0.0787. The number of nitrogens with one attached hydrogen (secondary N) is 1. The Balaban J connectivity index is 2.08. The van der Waals surface area contributed by atoms with Gasteiger partial charge in [0, 0.05) is 13.6 Å². The first-order valence-electron chi connectivity index (χ1n) is 7.49. The fraction of sp³-hybridized carbons (Fsp3) is 0.294. The molecule has 0 bridgehead atoms. The third-order valence-corrected chi connectivity index (χ3v) is 3.37. The minimum atomic E-state index is -0.144. The van der Waals surface area contributed by atoms with E-state index in [-0.39, 0.29) is 5.91 Å². The second-order valence-electron chi connectivity index (χ2n) is 5.15. The summed E-state index contributed by atoms with van der Waals surface area (Å²) in [5.41, 5.74) is 1.49. The van der Waals surface area contributed by atoms with Crippen LogP contribution in [0.1, 0.15) is 35.8 Å². The summed E-state index contributed by atoms with van der Waals surface area (Å²) in [5.74, 6) is 0.343. The molecule has 0 atom stereocenters. The highest BCUT2D eigenvalue weighted by Gasteiger charge is 2.13. The van der Waals surface area contributed by atoms with Crippen molar-refractivity contribution in [1.82, 2.24) is 14.9 Å². The van der Waals surface area contributed by atoms with E-state index in [1.54, 1.807) is 30.1 Å². The van der Waals surface area contributed by atoms with E-state index in [2.05, 4.69) is 28.3 Å². The Morgan fingerprint density at radius 1 is 1.30 bits per heavy atom. The van der Waals surface area contributed by atoms with Crippen molar-refractivity contribution in [3.8, 4) is 6.07 Å². The van der Waals surface area contributed by atoms with Gasteiger partial charge < -0.3 is 10.2 Å². The normalized spacial score (nSPS) is 9.96. The maximum atomic E-state index is 12.2. The zero-order valence-electron chi connectivity index (χ0n) is 13.3. The molecule has 0 aliphatic heterocycles. The first kappa shape index (κ1) is 16.4. The van der Waals surface area contributed by atoms with Crippen LogP contribution in [0, 0.1) is 11.3 Å². The first-order valence-corrected chi connectivity index (χ1v) is 7.49. The highest BCUT2D eigenvalue weighted by molar-refractivity contribution is 5.91. The third kappa shape index (κ3) is 4.27. The van der Waals surface area contributed by atoms with E-state index in [1.165, 1.54) is 12.4 Å². The van der Waals surface area contributed by atoms with Crippen LogP contribution in [0.2, 0.25) is 0 Å². The lowest BCUT2D eigenvalue weighted by atomic mass is 10.2. The number of benzene rings is 1. The zero-order valence-corrected chi connectivity index (χ0v) is 13.3. The third-order valence-electron chi connectivity index (χ3n) is 3.37. The number of nitriles is 1. The molecular weight excluding hydrogens is 290 g/mol. The van der Waals surface area contributed by atoms with Crippen LogP contribution in [-0.2, 0) is 0 Å². The molecule has 0 unspecified atom stereocenters. The van der Waals surface area contributed by atoms with Crippen LogP contribution in [0.15, 0.2) is 36.7 Å². The summed E-state index contributed by atoms with van der Waals surface area (Å²) in [6, 6.07) is 9.24. The van der Waals surface area contributed by atoms with Crippen LogP contribution in [0.3, 0.4) is 0 Å². The first-order chi connectivity index (χ1) is 11.2. The second-order valence-corrected chi connectivity index (χ2v) is 5.15. The van der Waals surface area contributed by atoms with Crippen molar-refractivity contribution >= 4 is 17.4 Å². The van der Waals surface area contributed by atoms with Crippen molar-refractivity contribution in [2.75, 3.05) is 18.9 Å². The molecule has 0 aliphatic carbocycles. The average molecular weight is 309 g/mol. The minimum Gasteiger partial charge on any atom is -0.340 e. The summed E-state index contributed by atoms with van der Waals surface area (Å²) < 4.78 is 0. The van der Waals surface area contributed by atoms with Crippen molar-refractivity contribution in [2.45, 2.75) is 19.8 Å². The van der Waals surface area contributed by atoms with Gasteiger partial charge in [0.25, 0.3) is 5.91 Å². The second kappa shape index (κ2) is 7.90. The van der Waals surface area contributed by atoms with Crippen LogP contribution in [0.25, 0.3) is 0 Å². The molecular formula is C17H19N5O. The van der Waals surface area contributed by atoms with Gasteiger partial charge in [-0.15, -0.1) is 0 Å². The summed E-state index contributed by atoms with van der Waals surface area (Å²) in [6.45, 7) is 2.78. The van der Waals surface area contributed by atoms with Crippen molar-refractivity contribution < 1.29 is 4.79 Å². The fourth-order valence-corrected chi connectivity index (χ4v) is 2.02. The highest BCUT2D eigenvalue weighted by Crippen LogP contribution is 2.18. The van der Waals surface area contributed by atoms with Crippen LogP contribution in [-0.4, -0.2) is 34.4 Å². The number of aromatic nitrogens is 2. The van der Waals surface area contributed by atoms with Gasteiger partial charge in [-0.25, -0.2) is 9.97 Å². The van der Waals surface area contributed by atoms with E-state index in [4.69, 9.17) is 5.26 Å². The molecule has 1 aromatic carbocycles. The summed E-state index contributed by atoms with van der Waals surface area (Å²) in [5, 5.41) is 12.1. The van der Waals surface area contributed by atoms with Gasteiger partial charge in [-0.05, 0) is 18.6 Å². The number of rotatable bonds is 6. The Bertz CT molecular complexity index is 706. The van der Waals surface area contributed by atoms with E-state index in [9.17, 15) is 4.79 Å². The van der Waals surface area contributed by atoms with Gasteiger partial charge in [0.1, 0.15) is 17.6 Å². The van der Waals surface area contributed by atoms with Crippen LogP contribution in [0.5, 0.6) is 0 Å². The van der Waals surface area contributed by atoms with Gasteiger partial charge in [-0.1, -0.05) is 25.5 Å². The molecule has 2 aromatic rings. The molecule has 1 aromatic heterocycles. The number of carbonyl (C=O) groups is 1. The van der Waals surface area contributed by atoms with E-state index in [0.29, 0.717) is 29.3 Å². The SMILES string of the molecule is CCCCN(C)C(=O)c1cnc(Nc2ccccc2C#N)cn1. The van der Waals surface area contributed by atoms with Crippen molar-refractivity contribution in [3.63, 3.8) is 0 Å². The lowest BCUT2D eigenvalue weighted by Gasteiger charge is -2.16. The van der Waals surface area contributed by atoms with Crippen LogP contribution >= 0.6 is 0 Å². The summed E-state index contributed by atoms with van der Waals surface area (Å²) in [6.07, 6.45) is 4.93. The zero-order chi connectivity index (χ0) is 16.7. The summed E-state index contributed by atoms with van der Waals surface area (Å²) in [4.78, 5) is 22.2. The van der Waals surface area contributed by atoms with Crippen molar-refractivity contribution in [1.29, 1.82) is 5.26 Å².